The molecule has 0 aliphatic carbocycles. The average Bonchev–Trinajstić information content (AvgIpc) is 2.69. The van der Waals surface area contributed by atoms with E-state index < -0.39 is 5.97 Å². The maximum absolute atomic E-state index is 10.8. The quantitative estimate of drug-likeness (QED) is 0.872. The van der Waals surface area contributed by atoms with Crippen molar-refractivity contribution in [1.29, 1.82) is 0 Å². The number of benzene rings is 1. The van der Waals surface area contributed by atoms with Crippen LogP contribution in [0, 0.1) is 13.8 Å². The minimum Gasteiger partial charge on any atom is -0.480 e. The molecule has 1 N–H and O–H groups in total. The molecule has 1 heterocycles. The van der Waals surface area contributed by atoms with Crippen LogP contribution in [0.1, 0.15) is 35.6 Å². The molecule has 1 aromatic rings. The molecule has 0 aromatic heterocycles. The molecule has 1 atom stereocenters. The lowest BCUT2D eigenvalue weighted by molar-refractivity contribution is -0.138. The van der Waals surface area contributed by atoms with Crippen molar-refractivity contribution in [2.45, 2.75) is 32.7 Å². The van der Waals surface area contributed by atoms with E-state index in [0.29, 0.717) is 0 Å². The van der Waals surface area contributed by atoms with E-state index >= 15 is 0 Å². The monoisotopic (exact) mass is 233 g/mol. The van der Waals surface area contributed by atoms with Gasteiger partial charge in [0.1, 0.15) is 0 Å². The van der Waals surface area contributed by atoms with Gasteiger partial charge < -0.3 is 5.11 Å². The van der Waals surface area contributed by atoms with Gasteiger partial charge in [-0.15, -0.1) is 0 Å². The zero-order valence-electron chi connectivity index (χ0n) is 10.4. The smallest absolute Gasteiger partial charge is 0.317 e. The summed E-state index contributed by atoms with van der Waals surface area (Å²) in [7, 11) is 0. The van der Waals surface area contributed by atoms with E-state index in [0.717, 1.165) is 19.4 Å². The number of aryl methyl sites for hydroxylation is 2. The van der Waals surface area contributed by atoms with Crippen molar-refractivity contribution in [3.05, 3.63) is 34.9 Å². The minimum absolute atomic E-state index is 0.150. The highest BCUT2D eigenvalue weighted by atomic mass is 16.4. The molecule has 3 nitrogen and oxygen atoms in total. The fourth-order valence-corrected chi connectivity index (χ4v) is 2.54. The SMILES string of the molecule is Cc1ccc(C2CCCN2CC(=O)O)cc1C. The number of aliphatic carboxylic acids is 1. The van der Waals surface area contributed by atoms with Crippen LogP contribution >= 0.6 is 0 Å². The Morgan fingerprint density at radius 1 is 1.41 bits per heavy atom. The predicted molar refractivity (Wildman–Crippen MR) is 67.1 cm³/mol. The second-order valence-electron chi connectivity index (χ2n) is 4.87. The van der Waals surface area contributed by atoms with E-state index in [9.17, 15) is 4.79 Å². The number of carboxylic acid groups (broad SMARTS) is 1. The first-order valence-electron chi connectivity index (χ1n) is 6.11. The molecule has 1 aliphatic heterocycles. The summed E-state index contributed by atoms with van der Waals surface area (Å²) in [6.07, 6.45) is 2.15. The molecule has 2 rings (SSSR count). The predicted octanol–water partition coefficient (Wildman–Crippen LogP) is 2.52. The van der Waals surface area contributed by atoms with Gasteiger partial charge in [-0.1, -0.05) is 18.2 Å². The molecule has 1 aromatic carbocycles. The third-order valence-corrected chi connectivity index (χ3v) is 3.62. The first kappa shape index (κ1) is 12.1. The van der Waals surface area contributed by atoms with Crippen molar-refractivity contribution in [1.82, 2.24) is 4.90 Å². The van der Waals surface area contributed by atoms with Crippen LogP contribution in [-0.4, -0.2) is 29.1 Å². The minimum atomic E-state index is -0.735. The summed E-state index contributed by atoms with van der Waals surface area (Å²) >= 11 is 0. The molecule has 3 heteroatoms. The molecule has 0 bridgehead atoms. The molecular formula is C14H19NO2. The number of rotatable bonds is 3. The van der Waals surface area contributed by atoms with Crippen molar-refractivity contribution >= 4 is 5.97 Å². The molecule has 17 heavy (non-hydrogen) atoms. The third-order valence-electron chi connectivity index (χ3n) is 3.62. The van der Waals surface area contributed by atoms with Crippen molar-refractivity contribution < 1.29 is 9.90 Å². The van der Waals surface area contributed by atoms with Crippen LogP contribution in [0.25, 0.3) is 0 Å². The molecule has 0 radical (unpaired) electrons. The lowest BCUT2D eigenvalue weighted by Crippen LogP contribution is -2.29. The molecule has 0 amide bonds. The van der Waals surface area contributed by atoms with Crippen LogP contribution in [0.15, 0.2) is 18.2 Å². The number of carbonyl (C=O) groups is 1. The summed E-state index contributed by atoms with van der Waals surface area (Å²) in [6, 6.07) is 6.74. The fourth-order valence-electron chi connectivity index (χ4n) is 2.54. The Hall–Kier alpha value is -1.35. The molecule has 1 fully saturated rings. The average molecular weight is 233 g/mol. The molecular weight excluding hydrogens is 214 g/mol. The second kappa shape index (κ2) is 4.88. The summed E-state index contributed by atoms with van der Waals surface area (Å²) in [5.41, 5.74) is 3.83. The van der Waals surface area contributed by atoms with E-state index in [1.165, 1.54) is 16.7 Å². The van der Waals surface area contributed by atoms with Gasteiger partial charge in [-0.2, -0.15) is 0 Å². The Morgan fingerprint density at radius 2 is 2.18 bits per heavy atom. The summed E-state index contributed by atoms with van der Waals surface area (Å²) in [6.45, 7) is 5.25. The normalized spacial score (nSPS) is 20.7. The lowest BCUT2D eigenvalue weighted by Gasteiger charge is -2.23. The number of nitrogens with zero attached hydrogens (tertiary/aromatic N) is 1. The van der Waals surface area contributed by atoms with Crippen molar-refractivity contribution in [3.8, 4) is 0 Å². The molecule has 0 spiro atoms. The maximum atomic E-state index is 10.8. The fraction of sp³-hybridized carbons (Fsp3) is 0.500. The number of hydrogen-bond acceptors (Lipinski definition) is 2. The Bertz CT molecular complexity index is 428. The van der Waals surface area contributed by atoms with Crippen molar-refractivity contribution in [2.24, 2.45) is 0 Å². The Morgan fingerprint density at radius 3 is 2.82 bits per heavy atom. The number of hydrogen-bond donors (Lipinski definition) is 1. The number of carboxylic acids is 1. The van der Waals surface area contributed by atoms with E-state index in [2.05, 4.69) is 36.9 Å². The second-order valence-corrected chi connectivity index (χ2v) is 4.87. The Kier molecular flexibility index (Phi) is 3.48. The standard InChI is InChI=1S/C14H19NO2/c1-10-5-6-12(8-11(10)2)13-4-3-7-15(13)9-14(16)17/h5-6,8,13H,3-4,7,9H2,1-2H3,(H,16,17). The van der Waals surface area contributed by atoms with Crippen molar-refractivity contribution in [3.63, 3.8) is 0 Å². The highest BCUT2D eigenvalue weighted by Crippen LogP contribution is 2.32. The Labute approximate surface area is 102 Å². The molecule has 1 aliphatic rings. The van der Waals surface area contributed by atoms with Gasteiger partial charge in [0, 0.05) is 6.04 Å². The lowest BCUT2D eigenvalue weighted by atomic mass is 9.99. The van der Waals surface area contributed by atoms with Gasteiger partial charge in [-0.05, 0) is 49.9 Å². The summed E-state index contributed by atoms with van der Waals surface area (Å²) < 4.78 is 0. The summed E-state index contributed by atoms with van der Waals surface area (Å²) in [5, 5.41) is 8.90. The van der Waals surface area contributed by atoms with Crippen LogP contribution in [0.4, 0.5) is 0 Å². The molecule has 1 unspecified atom stereocenters. The van der Waals surface area contributed by atoms with Crippen LogP contribution in [0.3, 0.4) is 0 Å². The Balaban J connectivity index is 2.20. The zero-order valence-corrected chi connectivity index (χ0v) is 10.4. The van der Waals surface area contributed by atoms with E-state index in [-0.39, 0.29) is 12.6 Å². The van der Waals surface area contributed by atoms with Gasteiger partial charge in [0.05, 0.1) is 6.54 Å². The summed E-state index contributed by atoms with van der Waals surface area (Å²) in [5.74, 6) is -0.735. The van der Waals surface area contributed by atoms with Crippen LogP contribution in [0.2, 0.25) is 0 Å². The van der Waals surface area contributed by atoms with Gasteiger partial charge in [0.25, 0.3) is 0 Å². The van der Waals surface area contributed by atoms with Gasteiger partial charge in [0.2, 0.25) is 0 Å². The molecule has 0 saturated carbocycles. The van der Waals surface area contributed by atoms with Crippen molar-refractivity contribution in [2.75, 3.05) is 13.1 Å². The molecule has 92 valence electrons. The van der Waals surface area contributed by atoms with Gasteiger partial charge in [-0.3, -0.25) is 9.69 Å². The third kappa shape index (κ3) is 2.67. The van der Waals surface area contributed by atoms with Crippen LogP contribution in [0.5, 0.6) is 0 Å². The van der Waals surface area contributed by atoms with E-state index in [4.69, 9.17) is 5.11 Å². The van der Waals surface area contributed by atoms with Crippen LogP contribution in [-0.2, 0) is 4.79 Å². The maximum Gasteiger partial charge on any atom is 0.317 e. The zero-order chi connectivity index (χ0) is 12.4. The highest BCUT2D eigenvalue weighted by molar-refractivity contribution is 5.69. The first-order chi connectivity index (χ1) is 8.08. The summed E-state index contributed by atoms with van der Waals surface area (Å²) in [4.78, 5) is 12.9. The first-order valence-corrected chi connectivity index (χ1v) is 6.11. The van der Waals surface area contributed by atoms with Crippen LogP contribution < -0.4 is 0 Å². The van der Waals surface area contributed by atoms with Gasteiger partial charge in [0.15, 0.2) is 0 Å². The highest BCUT2D eigenvalue weighted by Gasteiger charge is 2.27. The molecule has 1 saturated heterocycles. The largest absolute Gasteiger partial charge is 0.480 e. The van der Waals surface area contributed by atoms with E-state index in [1.54, 1.807) is 0 Å². The topological polar surface area (TPSA) is 40.5 Å². The van der Waals surface area contributed by atoms with Gasteiger partial charge in [-0.25, -0.2) is 0 Å². The van der Waals surface area contributed by atoms with Gasteiger partial charge >= 0.3 is 5.97 Å². The number of likely N-dealkylation sites (tertiary alicyclic amines) is 1. The van der Waals surface area contributed by atoms with E-state index in [1.807, 2.05) is 0 Å².